The number of hydrogen-bond donors (Lipinski definition) is 2. The summed E-state index contributed by atoms with van der Waals surface area (Å²) in [4.78, 5) is 24.1. The molecule has 18 heavy (non-hydrogen) atoms. The molecule has 0 aliphatic rings. The average molecular weight is 258 g/mol. The van der Waals surface area contributed by atoms with Crippen molar-refractivity contribution in [3.05, 3.63) is 0 Å². The molecule has 0 saturated heterocycles. The minimum absolute atomic E-state index is 0.0110. The maximum atomic E-state index is 11.8. The van der Waals surface area contributed by atoms with Crippen molar-refractivity contribution in [2.45, 2.75) is 46.0 Å². The van der Waals surface area contributed by atoms with Crippen molar-refractivity contribution in [2.24, 2.45) is 0 Å². The van der Waals surface area contributed by atoms with E-state index in [4.69, 9.17) is 5.11 Å². The molecule has 0 heterocycles. The molecule has 2 N–H and O–H groups in total. The molecule has 0 aromatic carbocycles. The number of aliphatic hydroxyl groups is 1. The van der Waals surface area contributed by atoms with E-state index in [9.17, 15) is 9.59 Å². The van der Waals surface area contributed by atoms with E-state index in [1.807, 2.05) is 6.92 Å². The van der Waals surface area contributed by atoms with Crippen LogP contribution in [0, 0.1) is 0 Å². The van der Waals surface area contributed by atoms with Crippen LogP contribution in [0.3, 0.4) is 0 Å². The SMILES string of the molecule is CCCN(CCO)C(=O)CCCCCNC(C)=O. The van der Waals surface area contributed by atoms with E-state index < -0.39 is 0 Å². The van der Waals surface area contributed by atoms with Gasteiger partial charge in [0.1, 0.15) is 0 Å². The third-order valence-corrected chi connectivity index (χ3v) is 2.66. The van der Waals surface area contributed by atoms with E-state index >= 15 is 0 Å². The molecular formula is C13H26N2O3. The van der Waals surface area contributed by atoms with Crippen LogP contribution in [0.25, 0.3) is 0 Å². The van der Waals surface area contributed by atoms with Crippen LogP contribution in [0.15, 0.2) is 0 Å². The first kappa shape index (κ1) is 16.9. The summed E-state index contributed by atoms with van der Waals surface area (Å²) >= 11 is 0. The van der Waals surface area contributed by atoms with Gasteiger partial charge < -0.3 is 15.3 Å². The lowest BCUT2D eigenvalue weighted by Gasteiger charge is -2.20. The Morgan fingerprint density at radius 1 is 1.17 bits per heavy atom. The van der Waals surface area contributed by atoms with E-state index in [0.717, 1.165) is 25.7 Å². The number of hydrogen-bond acceptors (Lipinski definition) is 3. The lowest BCUT2D eigenvalue weighted by atomic mass is 10.1. The predicted molar refractivity (Wildman–Crippen MR) is 71.1 cm³/mol. The summed E-state index contributed by atoms with van der Waals surface area (Å²) in [5, 5.41) is 11.6. The normalized spacial score (nSPS) is 10.2. The minimum Gasteiger partial charge on any atom is -0.395 e. The van der Waals surface area contributed by atoms with E-state index in [-0.39, 0.29) is 18.4 Å². The zero-order valence-electron chi connectivity index (χ0n) is 11.6. The third kappa shape index (κ3) is 8.98. The highest BCUT2D eigenvalue weighted by Crippen LogP contribution is 2.04. The molecule has 0 aliphatic heterocycles. The van der Waals surface area contributed by atoms with Crippen molar-refractivity contribution in [1.82, 2.24) is 10.2 Å². The molecule has 106 valence electrons. The topological polar surface area (TPSA) is 69.6 Å². The highest BCUT2D eigenvalue weighted by molar-refractivity contribution is 5.76. The number of aliphatic hydroxyl groups excluding tert-OH is 1. The van der Waals surface area contributed by atoms with Gasteiger partial charge in [-0.3, -0.25) is 9.59 Å². The van der Waals surface area contributed by atoms with Gasteiger partial charge in [0.05, 0.1) is 6.61 Å². The molecule has 5 heteroatoms. The number of unbranched alkanes of at least 4 members (excludes halogenated alkanes) is 2. The minimum atomic E-state index is -0.0110. The summed E-state index contributed by atoms with van der Waals surface area (Å²) in [6.45, 7) is 5.36. The summed E-state index contributed by atoms with van der Waals surface area (Å²) in [5.41, 5.74) is 0. The molecule has 0 fully saturated rings. The summed E-state index contributed by atoms with van der Waals surface area (Å²) in [6.07, 6.45) is 4.12. The molecule has 0 radical (unpaired) electrons. The van der Waals surface area contributed by atoms with Crippen molar-refractivity contribution in [3.63, 3.8) is 0 Å². The number of nitrogens with one attached hydrogen (secondary N) is 1. The first-order valence-corrected chi connectivity index (χ1v) is 6.74. The Hall–Kier alpha value is -1.10. The van der Waals surface area contributed by atoms with Crippen LogP contribution in [-0.2, 0) is 9.59 Å². The first-order valence-electron chi connectivity index (χ1n) is 6.74. The standard InChI is InChI=1S/C13H26N2O3/c1-3-9-15(10-11-16)13(18)7-5-4-6-8-14-12(2)17/h16H,3-11H2,1-2H3,(H,14,17). The second-order valence-electron chi connectivity index (χ2n) is 4.40. The quantitative estimate of drug-likeness (QED) is 0.572. The van der Waals surface area contributed by atoms with Gasteiger partial charge in [0.25, 0.3) is 0 Å². The summed E-state index contributed by atoms with van der Waals surface area (Å²) in [5.74, 6) is 0.105. The Labute approximate surface area is 110 Å². The van der Waals surface area contributed by atoms with Crippen LogP contribution in [-0.4, -0.2) is 48.1 Å². The average Bonchev–Trinajstić information content (AvgIpc) is 2.32. The maximum Gasteiger partial charge on any atom is 0.222 e. The number of rotatable bonds is 10. The number of amides is 2. The molecule has 0 rings (SSSR count). The lowest BCUT2D eigenvalue weighted by Crippen LogP contribution is -2.34. The molecule has 0 aliphatic carbocycles. The zero-order chi connectivity index (χ0) is 13.8. The van der Waals surface area contributed by atoms with Crippen LogP contribution >= 0.6 is 0 Å². The molecule has 2 amide bonds. The second kappa shape index (κ2) is 11.0. The van der Waals surface area contributed by atoms with E-state index in [1.54, 1.807) is 4.90 Å². The van der Waals surface area contributed by atoms with Crippen molar-refractivity contribution < 1.29 is 14.7 Å². The van der Waals surface area contributed by atoms with Crippen LogP contribution in [0.1, 0.15) is 46.0 Å². The monoisotopic (exact) mass is 258 g/mol. The van der Waals surface area contributed by atoms with Crippen molar-refractivity contribution in [2.75, 3.05) is 26.2 Å². The fourth-order valence-electron chi connectivity index (χ4n) is 1.75. The van der Waals surface area contributed by atoms with E-state index in [0.29, 0.717) is 26.1 Å². The first-order chi connectivity index (χ1) is 8.61. The van der Waals surface area contributed by atoms with Crippen molar-refractivity contribution in [1.29, 1.82) is 0 Å². The summed E-state index contributed by atoms with van der Waals surface area (Å²) < 4.78 is 0. The highest BCUT2D eigenvalue weighted by atomic mass is 16.3. The summed E-state index contributed by atoms with van der Waals surface area (Å²) in [6, 6.07) is 0. The molecule has 0 saturated carbocycles. The van der Waals surface area contributed by atoms with Crippen LogP contribution in [0.2, 0.25) is 0 Å². The van der Waals surface area contributed by atoms with Gasteiger partial charge in [0.2, 0.25) is 11.8 Å². The Morgan fingerprint density at radius 3 is 2.44 bits per heavy atom. The van der Waals surface area contributed by atoms with Crippen LogP contribution < -0.4 is 5.32 Å². The molecule has 0 aromatic rings. The maximum absolute atomic E-state index is 11.8. The van der Waals surface area contributed by atoms with Gasteiger partial charge in [-0.15, -0.1) is 0 Å². The van der Waals surface area contributed by atoms with E-state index in [1.165, 1.54) is 6.92 Å². The van der Waals surface area contributed by atoms with Gasteiger partial charge in [-0.25, -0.2) is 0 Å². The fraction of sp³-hybridized carbons (Fsp3) is 0.846. The molecule has 0 unspecified atom stereocenters. The van der Waals surface area contributed by atoms with Gasteiger partial charge >= 0.3 is 0 Å². The second-order valence-corrected chi connectivity index (χ2v) is 4.40. The Kier molecular flexibility index (Phi) is 10.3. The van der Waals surface area contributed by atoms with Gasteiger partial charge in [0.15, 0.2) is 0 Å². The van der Waals surface area contributed by atoms with Crippen molar-refractivity contribution in [3.8, 4) is 0 Å². The smallest absolute Gasteiger partial charge is 0.222 e. The Bertz CT molecular complexity index is 238. The van der Waals surface area contributed by atoms with Crippen LogP contribution in [0.5, 0.6) is 0 Å². The number of nitrogens with zero attached hydrogens (tertiary/aromatic N) is 1. The van der Waals surface area contributed by atoms with Crippen LogP contribution in [0.4, 0.5) is 0 Å². The van der Waals surface area contributed by atoms with Gasteiger partial charge in [-0.1, -0.05) is 13.3 Å². The van der Waals surface area contributed by atoms with Crippen molar-refractivity contribution >= 4 is 11.8 Å². The van der Waals surface area contributed by atoms with E-state index in [2.05, 4.69) is 5.32 Å². The molecule has 0 spiro atoms. The molecular weight excluding hydrogens is 232 g/mol. The third-order valence-electron chi connectivity index (χ3n) is 2.66. The predicted octanol–water partition coefficient (Wildman–Crippen LogP) is 0.914. The van der Waals surface area contributed by atoms with Gasteiger partial charge in [0, 0.05) is 33.0 Å². The zero-order valence-corrected chi connectivity index (χ0v) is 11.6. The Morgan fingerprint density at radius 2 is 1.89 bits per heavy atom. The number of carbonyl (C=O) groups is 2. The molecule has 0 atom stereocenters. The highest BCUT2D eigenvalue weighted by Gasteiger charge is 2.10. The largest absolute Gasteiger partial charge is 0.395 e. The Balaban J connectivity index is 3.63. The molecule has 0 aromatic heterocycles. The number of carbonyl (C=O) groups excluding carboxylic acids is 2. The lowest BCUT2D eigenvalue weighted by molar-refractivity contribution is -0.132. The van der Waals surface area contributed by atoms with Gasteiger partial charge in [-0.2, -0.15) is 0 Å². The van der Waals surface area contributed by atoms with Gasteiger partial charge in [-0.05, 0) is 19.3 Å². The summed E-state index contributed by atoms with van der Waals surface area (Å²) in [7, 11) is 0. The fourth-order valence-corrected chi connectivity index (χ4v) is 1.75. The molecule has 5 nitrogen and oxygen atoms in total. The molecule has 0 bridgehead atoms.